The summed E-state index contributed by atoms with van der Waals surface area (Å²) >= 11 is 5.82. The molecule has 7 heteroatoms. The van der Waals surface area contributed by atoms with Gasteiger partial charge in [-0.3, -0.25) is 14.5 Å². The third-order valence-electron chi connectivity index (χ3n) is 3.43. The number of halogens is 1. The molecule has 0 radical (unpaired) electrons. The number of hydrogen-bond donors (Lipinski definition) is 2. The number of carbonyl (C=O) groups excluding carboxylic acids is 1. The SMILES string of the molecule is O=C(O)CN1CCCN(C(=O)c2ccc(O)c(Cl)c2)CC1. The van der Waals surface area contributed by atoms with Gasteiger partial charge in [-0.15, -0.1) is 0 Å². The minimum absolute atomic E-state index is 0.00688. The van der Waals surface area contributed by atoms with Gasteiger partial charge in [0.25, 0.3) is 5.91 Å². The van der Waals surface area contributed by atoms with E-state index in [0.29, 0.717) is 31.7 Å². The molecule has 1 aromatic carbocycles. The lowest BCUT2D eigenvalue weighted by Crippen LogP contribution is -2.36. The van der Waals surface area contributed by atoms with Crippen LogP contribution in [0.3, 0.4) is 0 Å². The van der Waals surface area contributed by atoms with Crippen LogP contribution in [0.4, 0.5) is 0 Å². The molecule has 0 spiro atoms. The lowest BCUT2D eigenvalue weighted by atomic mass is 10.2. The molecular weight excluding hydrogens is 296 g/mol. The highest BCUT2D eigenvalue weighted by atomic mass is 35.5. The largest absolute Gasteiger partial charge is 0.506 e. The number of hydrogen-bond acceptors (Lipinski definition) is 4. The van der Waals surface area contributed by atoms with E-state index in [-0.39, 0.29) is 23.2 Å². The van der Waals surface area contributed by atoms with E-state index in [2.05, 4.69) is 0 Å². The van der Waals surface area contributed by atoms with Crippen molar-refractivity contribution >= 4 is 23.5 Å². The maximum atomic E-state index is 12.4. The van der Waals surface area contributed by atoms with Crippen LogP contribution in [0, 0.1) is 0 Å². The highest BCUT2D eigenvalue weighted by Crippen LogP contribution is 2.24. The molecule has 1 aromatic rings. The van der Waals surface area contributed by atoms with Crippen molar-refractivity contribution in [2.75, 3.05) is 32.7 Å². The fourth-order valence-electron chi connectivity index (χ4n) is 2.35. The van der Waals surface area contributed by atoms with Gasteiger partial charge in [0.05, 0.1) is 11.6 Å². The predicted molar refractivity (Wildman–Crippen MR) is 77.7 cm³/mol. The third kappa shape index (κ3) is 4.09. The zero-order valence-corrected chi connectivity index (χ0v) is 12.2. The topological polar surface area (TPSA) is 81.1 Å². The first-order valence-corrected chi connectivity index (χ1v) is 7.07. The Morgan fingerprint density at radius 3 is 2.62 bits per heavy atom. The van der Waals surface area contributed by atoms with Gasteiger partial charge in [-0.05, 0) is 24.6 Å². The van der Waals surface area contributed by atoms with E-state index in [1.807, 2.05) is 4.90 Å². The Hall–Kier alpha value is -1.79. The number of amides is 1. The van der Waals surface area contributed by atoms with Crippen LogP contribution < -0.4 is 0 Å². The van der Waals surface area contributed by atoms with Gasteiger partial charge < -0.3 is 15.1 Å². The Kier molecular flexibility index (Phi) is 5.03. The summed E-state index contributed by atoms with van der Waals surface area (Å²) in [5.41, 5.74) is 0.421. The minimum atomic E-state index is -0.861. The summed E-state index contributed by atoms with van der Waals surface area (Å²) < 4.78 is 0. The van der Waals surface area contributed by atoms with Crippen LogP contribution >= 0.6 is 11.6 Å². The normalized spacial score (nSPS) is 16.5. The number of aromatic hydroxyl groups is 1. The molecule has 6 nitrogen and oxygen atoms in total. The molecule has 114 valence electrons. The van der Waals surface area contributed by atoms with Crippen LogP contribution in [0.25, 0.3) is 0 Å². The molecule has 1 aliphatic rings. The number of phenols is 1. The van der Waals surface area contributed by atoms with E-state index in [4.69, 9.17) is 16.7 Å². The minimum Gasteiger partial charge on any atom is -0.506 e. The van der Waals surface area contributed by atoms with Gasteiger partial charge in [0.1, 0.15) is 5.75 Å². The van der Waals surface area contributed by atoms with Gasteiger partial charge in [0, 0.05) is 31.7 Å². The number of phenolic OH excluding ortho intramolecular Hbond substituents is 1. The molecule has 0 atom stereocenters. The Bertz CT molecular complexity index is 550. The predicted octanol–water partition coefficient (Wildman–Crippen LogP) is 1.28. The lowest BCUT2D eigenvalue weighted by molar-refractivity contribution is -0.138. The summed E-state index contributed by atoms with van der Waals surface area (Å²) in [4.78, 5) is 26.6. The van der Waals surface area contributed by atoms with E-state index in [1.54, 1.807) is 4.90 Å². The first kappa shape index (κ1) is 15.6. The number of benzene rings is 1. The van der Waals surface area contributed by atoms with Crippen LogP contribution in [-0.4, -0.2) is 64.6 Å². The summed E-state index contributed by atoms with van der Waals surface area (Å²) in [6.45, 7) is 2.24. The molecule has 1 aliphatic heterocycles. The molecule has 0 aliphatic carbocycles. The number of aliphatic carboxylic acids is 1. The lowest BCUT2D eigenvalue weighted by Gasteiger charge is -2.21. The van der Waals surface area contributed by atoms with E-state index in [1.165, 1.54) is 18.2 Å². The molecule has 0 saturated carbocycles. The van der Waals surface area contributed by atoms with Crippen molar-refractivity contribution in [2.45, 2.75) is 6.42 Å². The molecule has 0 aromatic heterocycles. The average molecular weight is 313 g/mol. The quantitative estimate of drug-likeness (QED) is 0.878. The van der Waals surface area contributed by atoms with E-state index in [0.717, 1.165) is 6.42 Å². The molecule has 1 fully saturated rings. The molecule has 1 heterocycles. The molecule has 0 unspecified atom stereocenters. The number of rotatable bonds is 3. The van der Waals surface area contributed by atoms with Crippen molar-refractivity contribution < 1.29 is 19.8 Å². The van der Waals surface area contributed by atoms with Crippen molar-refractivity contribution in [1.29, 1.82) is 0 Å². The maximum Gasteiger partial charge on any atom is 0.317 e. The van der Waals surface area contributed by atoms with Crippen LogP contribution in [0.1, 0.15) is 16.8 Å². The monoisotopic (exact) mass is 312 g/mol. The van der Waals surface area contributed by atoms with E-state index < -0.39 is 5.97 Å². The smallest absolute Gasteiger partial charge is 0.317 e. The zero-order chi connectivity index (χ0) is 15.4. The van der Waals surface area contributed by atoms with Gasteiger partial charge in [-0.2, -0.15) is 0 Å². The Balaban J connectivity index is 2.02. The second-order valence-electron chi connectivity index (χ2n) is 4.98. The summed E-state index contributed by atoms with van der Waals surface area (Å²) in [6, 6.07) is 4.37. The second-order valence-corrected chi connectivity index (χ2v) is 5.39. The van der Waals surface area contributed by atoms with Gasteiger partial charge in [-0.1, -0.05) is 11.6 Å². The van der Waals surface area contributed by atoms with Crippen LogP contribution in [0.15, 0.2) is 18.2 Å². The first-order valence-electron chi connectivity index (χ1n) is 6.69. The third-order valence-corrected chi connectivity index (χ3v) is 3.73. The van der Waals surface area contributed by atoms with Crippen molar-refractivity contribution in [3.05, 3.63) is 28.8 Å². The number of carboxylic acids is 1. The van der Waals surface area contributed by atoms with Crippen molar-refractivity contribution in [3.8, 4) is 5.75 Å². The summed E-state index contributed by atoms with van der Waals surface area (Å²) in [6.07, 6.45) is 0.727. The molecule has 1 amide bonds. The fraction of sp³-hybridized carbons (Fsp3) is 0.429. The Morgan fingerprint density at radius 1 is 1.19 bits per heavy atom. The van der Waals surface area contributed by atoms with Crippen molar-refractivity contribution in [2.24, 2.45) is 0 Å². The number of carboxylic acid groups (broad SMARTS) is 1. The molecule has 1 saturated heterocycles. The zero-order valence-electron chi connectivity index (χ0n) is 11.5. The molecule has 0 bridgehead atoms. The highest BCUT2D eigenvalue weighted by molar-refractivity contribution is 6.32. The Morgan fingerprint density at radius 2 is 1.95 bits per heavy atom. The van der Waals surface area contributed by atoms with Crippen molar-refractivity contribution in [3.63, 3.8) is 0 Å². The van der Waals surface area contributed by atoms with Gasteiger partial charge in [0.2, 0.25) is 0 Å². The fourth-order valence-corrected chi connectivity index (χ4v) is 2.53. The standard InChI is InChI=1S/C14H17ClN2O4/c15-11-8-10(2-3-12(11)18)14(21)17-5-1-4-16(6-7-17)9-13(19)20/h2-3,8,18H,1,4-7,9H2,(H,19,20). The van der Waals surface area contributed by atoms with Crippen molar-refractivity contribution in [1.82, 2.24) is 9.80 Å². The van der Waals surface area contributed by atoms with Gasteiger partial charge in [-0.25, -0.2) is 0 Å². The van der Waals surface area contributed by atoms with E-state index in [9.17, 15) is 14.7 Å². The van der Waals surface area contributed by atoms with Crippen LogP contribution in [0.2, 0.25) is 5.02 Å². The van der Waals surface area contributed by atoms with Crippen LogP contribution in [0.5, 0.6) is 5.75 Å². The average Bonchev–Trinajstić information content (AvgIpc) is 2.66. The highest BCUT2D eigenvalue weighted by Gasteiger charge is 2.21. The summed E-state index contributed by atoms with van der Waals surface area (Å²) in [5.74, 6) is -1.08. The van der Waals surface area contributed by atoms with Gasteiger partial charge in [0.15, 0.2) is 0 Å². The summed E-state index contributed by atoms with van der Waals surface area (Å²) in [7, 11) is 0. The van der Waals surface area contributed by atoms with Crippen LogP contribution in [-0.2, 0) is 4.79 Å². The number of carbonyl (C=O) groups is 2. The molecule has 21 heavy (non-hydrogen) atoms. The first-order chi connectivity index (χ1) is 9.97. The molecule has 2 rings (SSSR count). The molecular formula is C14H17ClN2O4. The Labute approximate surface area is 127 Å². The number of nitrogens with zero attached hydrogens (tertiary/aromatic N) is 2. The molecule has 2 N–H and O–H groups in total. The van der Waals surface area contributed by atoms with E-state index >= 15 is 0 Å². The maximum absolute atomic E-state index is 12.4. The second kappa shape index (κ2) is 6.78. The summed E-state index contributed by atoms with van der Waals surface area (Å²) in [5, 5.41) is 18.3. The van der Waals surface area contributed by atoms with Gasteiger partial charge >= 0.3 is 5.97 Å².